The van der Waals surface area contributed by atoms with Crippen LogP contribution >= 0.6 is 11.6 Å². The van der Waals surface area contributed by atoms with Crippen molar-refractivity contribution in [2.24, 2.45) is 5.92 Å². The van der Waals surface area contributed by atoms with Crippen molar-refractivity contribution in [2.45, 2.75) is 46.2 Å². The smallest absolute Gasteiger partial charge is 0.261 e. The minimum Gasteiger partial charge on any atom is -0.347 e. The lowest BCUT2D eigenvalue weighted by molar-refractivity contribution is -0.120. The van der Waals surface area contributed by atoms with Crippen LogP contribution in [0, 0.1) is 12.8 Å². The number of benzene rings is 3. The molecule has 2 atom stereocenters. The van der Waals surface area contributed by atoms with Crippen LogP contribution in [0.3, 0.4) is 0 Å². The summed E-state index contributed by atoms with van der Waals surface area (Å²) in [6.45, 7) is 8.01. The molecule has 0 spiro atoms. The zero-order chi connectivity index (χ0) is 28.4. The number of nitrogens with one attached hydrogen (secondary N) is 2. The Labute approximate surface area is 238 Å². The van der Waals surface area contributed by atoms with Gasteiger partial charge in [-0.15, -0.1) is 0 Å². The van der Waals surface area contributed by atoms with Crippen molar-refractivity contribution < 1.29 is 4.79 Å². The molecule has 0 fully saturated rings. The monoisotopic (exact) mass is 553 g/mol. The van der Waals surface area contributed by atoms with Crippen LogP contribution in [0.5, 0.6) is 0 Å². The Hall–Kier alpha value is -4.23. The van der Waals surface area contributed by atoms with E-state index in [2.05, 4.69) is 29.1 Å². The maximum Gasteiger partial charge on any atom is 0.261 e. The molecular formula is C32H32ClN5O2. The number of aromatic nitrogens is 4. The number of rotatable bonds is 8. The first-order valence-corrected chi connectivity index (χ1v) is 13.7. The Morgan fingerprint density at radius 1 is 1.05 bits per heavy atom. The van der Waals surface area contributed by atoms with E-state index in [0.717, 1.165) is 22.4 Å². The molecule has 0 radical (unpaired) electrons. The number of aromatic amines is 1. The van der Waals surface area contributed by atoms with Gasteiger partial charge < -0.3 is 10.3 Å². The molecule has 40 heavy (non-hydrogen) atoms. The molecule has 2 N–H and O–H groups in total. The van der Waals surface area contributed by atoms with Crippen molar-refractivity contribution in [1.29, 1.82) is 0 Å². The Morgan fingerprint density at radius 3 is 2.45 bits per heavy atom. The fraction of sp³-hybridized carbons (Fsp3) is 0.250. The van der Waals surface area contributed by atoms with Crippen molar-refractivity contribution in [1.82, 2.24) is 24.8 Å². The van der Waals surface area contributed by atoms with E-state index in [1.165, 1.54) is 6.92 Å². The summed E-state index contributed by atoms with van der Waals surface area (Å²) in [5.74, 6) is 0.711. The summed E-state index contributed by atoms with van der Waals surface area (Å²) in [7, 11) is 0. The van der Waals surface area contributed by atoms with Gasteiger partial charge in [-0.2, -0.15) is 0 Å². The van der Waals surface area contributed by atoms with Crippen LogP contribution in [0.25, 0.3) is 22.3 Å². The van der Waals surface area contributed by atoms with Gasteiger partial charge in [0, 0.05) is 23.4 Å². The molecule has 2 heterocycles. The molecule has 2 aromatic heterocycles. The van der Waals surface area contributed by atoms with E-state index in [0.29, 0.717) is 34.1 Å². The SMILES string of the molecule is CC(=O)NC(c1cnc(-c2ccc(C)cc2)[nH]1)[C@H](c1nc2cc(Cl)ccc2c(=O)n1Cc1ccccc1)C(C)C. The highest BCUT2D eigenvalue weighted by molar-refractivity contribution is 6.31. The summed E-state index contributed by atoms with van der Waals surface area (Å²) in [5, 5.41) is 4.12. The third kappa shape index (κ3) is 5.70. The number of carbonyl (C=O) groups is 1. The van der Waals surface area contributed by atoms with Crippen LogP contribution in [0.15, 0.2) is 83.8 Å². The summed E-state index contributed by atoms with van der Waals surface area (Å²) in [6, 6.07) is 22.5. The van der Waals surface area contributed by atoms with Gasteiger partial charge in [0.15, 0.2) is 0 Å². The second kappa shape index (κ2) is 11.5. The highest BCUT2D eigenvalue weighted by Crippen LogP contribution is 2.37. The van der Waals surface area contributed by atoms with Crippen molar-refractivity contribution in [2.75, 3.05) is 0 Å². The van der Waals surface area contributed by atoms with Crippen LogP contribution < -0.4 is 10.9 Å². The number of hydrogen-bond donors (Lipinski definition) is 2. The van der Waals surface area contributed by atoms with Gasteiger partial charge in [0.2, 0.25) is 5.91 Å². The number of aryl methyl sites for hydroxylation is 1. The lowest BCUT2D eigenvalue weighted by atomic mass is 9.85. The second-order valence-electron chi connectivity index (χ2n) is 10.5. The van der Waals surface area contributed by atoms with Crippen LogP contribution in [0.1, 0.15) is 55.4 Å². The predicted octanol–water partition coefficient (Wildman–Crippen LogP) is 6.41. The van der Waals surface area contributed by atoms with Gasteiger partial charge in [-0.3, -0.25) is 14.2 Å². The number of nitrogens with zero attached hydrogens (tertiary/aromatic N) is 3. The van der Waals surface area contributed by atoms with Crippen molar-refractivity contribution in [3.8, 4) is 11.4 Å². The Bertz CT molecular complexity index is 1710. The maximum absolute atomic E-state index is 14.0. The van der Waals surface area contributed by atoms with Gasteiger partial charge in [0.1, 0.15) is 11.6 Å². The lowest BCUT2D eigenvalue weighted by Crippen LogP contribution is -2.37. The van der Waals surface area contributed by atoms with E-state index in [-0.39, 0.29) is 23.3 Å². The van der Waals surface area contributed by atoms with Crippen molar-refractivity contribution in [3.63, 3.8) is 0 Å². The first kappa shape index (κ1) is 27.3. The number of halogens is 1. The third-order valence-corrected chi connectivity index (χ3v) is 7.36. The van der Waals surface area contributed by atoms with Gasteiger partial charge in [-0.1, -0.05) is 85.6 Å². The number of hydrogen-bond acceptors (Lipinski definition) is 4. The van der Waals surface area contributed by atoms with Crippen molar-refractivity contribution in [3.05, 3.63) is 117 Å². The molecule has 204 valence electrons. The van der Waals surface area contributed by atoms with Gasteiger partial charge in [-0.25, -0.2) is 9.97 Å². The first-order valence-electron chi connectivity index (χ1n) is 13.3. The van der Waals surface area contributed by atoms with E-state index < -0.39 is 6.04 Å². The molecule has 5 rings (SSSR count). The average Bonchev–Trinajstić information content (AvgIpc) is 3.41. The third-order valence-electron chi connectivity index (χ3n) is 7.12. The molecule has 1 unspecified atom stereocenters. The predicted molar refractivity (Wildman–Crippen MR) is 159 cm³/mol. The zero-order valence-corrected chi connectivity index (χ0v) is 23.7. The van der Waals surface area contributed by atoms with E-state index in [1.807, 2.05) is 61.5 Å². The molecule has 0 saturated heterocycles. The minimum atomic E-state index is -0.519. The average molecular weight is 554 g/mol. The van der Waals surface area contributed by atoms with Crippen LogP contribution in [-0.2, 0) is 11.3 Å². The zero-order valence-electron chi connectivity index (χ0n) is 23.0. The molecule has 1 amide bonds. The summed E-state index contributed by atoms with van der Waals surface area (Å²) >= 11 is 6.31. The molecular weight excluding hydrogens is 522 g/mol. The van der Waals surface area contributed by atoms with E-state index in [1.54, 1.807) is 29.0 Å². The molecule has 0 saturated carbocycles. The summed E-state index contributed by atoms with van der Waals surface area (Å²) in [6.07, 6.45) is 1.75. The second-order valence-corrected chi connectivity index (χ2v) is 10.9. The standard InChI is InChI=1S/C32H32ClN5O2/c1-19(2)28(29(35-21(4)39)27-17-34-30(36-27)23-12-10-20(3)11-13-23)31-37-26-16-24(33)14-15-25(26)32(40)38(31)18-22-8-6-5-7-9-22/h5-17,19,28-29H,18H2,1-4H3,(H,34,36)(H,35,39)/t28-,29?/m1/s1. The topological polar surface area (TPSA) is 92.7 Å². The van der Waals surface area contributed by atoms with E-state index in [4.69, 9.17) is 16.6 Å². The summed E-state index contributed by atoms with van der Waals surface area (Å²) in [4.78, 5) is 39.6. The minimum absolute atomic E-state index is 0.00599. The lowest BCUT2D eigenvalue weighted by Gasteiger charge is -2.31. The van der Waals surface area contributed by atoms with Gasteiger partial charge in [0.25, 0.3) is 5.56 Å². The Kier molecular flexibility index (Phi) is 7.85. The number of fused-ring (bicyclic) bond motifs is 1. The Balaban J connectivity index is 1.69. The van der Waals surface area contributed by atoms with Gasteiger partial charge >= 0.3 is 0 Å². The highest BCUT2D eigenvalue weighted by Gasteiger charge is 2.34. The van der Waals surface area contributed by atoms with Crippen LogP contribution in [0.2, 0.25) is 5.02 Å². The van der Waals surface area contributed by atoms with E-state index in [9.17, 15) is 9.59 Å². The van der Waals surface area contributed by atoms with Crippen molar-refractivity contribution >= 4 is 28.4 Å². The van der Waals surface area contributed by atoms with Gasteiger partial charge in [0.05, 0.1) is 35.4 Å². The maximum atomic E-state index is 14.0. The van der Waals surface area contributed by atoms with Crippen LogP contribution in [-0.4, -0.2) is 25.4 Å². The summed E-state index contributed by atoms with van der Waals surface area (Å²) in [5.41, 5.74) is 4.18. The summed E-state index contributed by atoms with van der Waals surface area (Å²) < 4.78 is 1.72. The number of H-pyrrole nitrogens is 1. The molecule has 3 aromatic carbocycles. The first-order chi connectivity index (χ1) is 19.2. The molecule has 0 aliphatic carbocycles. The molecule has 0 aliphatic rings. The fourth-order valence-electron chi connectivity index (χ4n) is 5.15. The largest absolute Gasteiger partial charge is 0.347 e. The van der Waals surface area contributed by atoms with Crippen LogP contribution in [0.4, 0.5) is 0 Å². The molecule has 0 aliphatic heterocycles. The molecule has 5 aromatic rings. The van der Waals surface area contributed by atoms with E-state index >= 15 is 0 Å². The fourth-order valence-corrected chi connectivity index (χ4v) is 5.31. The normalized spacial score (nSPS) is 12.9. The molecule has 0 bridgehead atoms. The Morgan fingerprint density at radius 2 is 1.77 bits per heavy atom. The quantitative estimate of drug-likeness (QED) is 0.232. The highest BCUT2D eigenvalue weighted by atomic mass is 35.5. The molecule has 7 nitrogen and oxygen atoms in total. The number of imidazole rings is 1. The molecule has 8 heteroatoms. The number of carbonyl (C=O) groups excluding carboxylic acids is 1. The van der Waals surface area contributed by atoms with Gasteiger partial charge in [-0.05, 0) is 36.6 Å². The number of amides is 1.